The number of allylic oxidation sites excluding steroid dienone is 2. The van der Waals surface area contributed by atoms with Gasteiger partial charge in [-0.25, -0.2) is 0 Å². The van der Waals surface area contributed by atoms with Gasteiger partial charge in [0, 0.05) is 23.6 Å². The molecule has 0 saturated heterocycles. The smallest absolute Gasteiger partial charge is 0.220 e. The quantitative estimate of drug-likeness (QED) is 0.814. The number of carbonyl (C=O) groups is 1. The Morgan fingerprint density at radius 2 is 2.26 bits per heavy atom. The van der Waals surface area contributed by atoms with Gasteiger partial charge in [0.15, 0.2) is 0 Å². The van der Waals surface area contributed by atoms with Crippen molar-refractivity contribution in [3.05, 3.63) is 47.0 Å². The third-order valence-corrected chi connectivity index (χ3v) is 3.66. The first-order valence-corrected chi connectivity index (χ1v) is 6.90. The molecule has 0 heterocycles. The molecule has 1 amide bonds. The summed E-state index contributed by atoms with van der Waals surface area (Å²) in [6.45, 7) is 0.193. The second-order valence-electron chi connectivity index (χ2n) is 4.81. The zero-order chi connectivity index (χ0) is 13.7. The first kappa shape index (κ1) is 14.1. The van der Waals surface area contributed by atoms with Crippen molar-refractivity contribution in [3.63, 3.8) is 0 Å². The molecule has 2 N–H and O–H groups in total. The number of carbonyl (C=O) groups excluding carboxylic acids is 1. The normalized spacial score (nSPS) is 19.4. The molecule has 0 radical (unpaired) electrons. The maximum Gasteiger partial charge on any atom is 0.220 e. The van der Waals surface area contributed by atoms with Crippen molar-refractivity contribution < 1.29 is 9.90 Å². The van der Waals surface area contributed by atoms with E-state index < -0.39 is 6.10 Å². The molecule has 0 saturated carbocycles. The number of aliphatic hydroxyl groups excluding tert-OH is 1. The number of nitrogens with one attached hydrogen (secondary N) is 1. The lowest BCUT2D eigenvalue weighted by molar-refractivity contribution is -0.122. The largest absolute Gasteiger partial charge is 0.387 e. The number of rotatable bonds is 5. The number of halogens is 1. The molecule has 0 fully saturated rings. The molecule has 2 unspecified atom stereocenters. The van der Waals surface area contributed by atoms with E-state index in [2.05, 4.69) is 17.5 Å². The number of benzene rings is 1. The summed E-state index contributed by atoms with van der Waals surface area (Å²) < 4.78 is 0. The zero-order valence-corrected chi connectivity index (χ0v) is 11.4. The fraction of sp³-hybridized carbons (Fsp3) is 0.400. The maximum absolute atomic E-state index is 11.7. The maximum atomic E-state index is 11.7. The van der Waals surface area contributed by atoms with E-state index in [1.807, 2.05) is 12.1 Å². The van der Waals surface area contributed by atoms with E-state index in [1.165, 1.54) is 0 Å². The number of hydrogen-bond donors (Lipinski definition) is 2. The fourth-order valence-electron chi connectivity index (χ4n) is 2.24. The molecule has 0 aliphatic heterocycles. The van der Waals surface area contributed by atoms with Gasteiger partial charge in [-0.05, 0) is 24.8 Å². The molecule has 4 heteroatoms. The van der Waals surface area contributed by atoms with Gasteiger partial charge >= 0.3 is 0 Å². The van der Waals surface area contributed by atoms with E-state index in [0.29, 0.717) is 22.9 Å². The molecular weight excluding hydrogens is 262 g/mol. The van der Waals surface area contributed by atoms with Crippen molar-refractivity contribution >= 4 is 17.5 Å². The molecule has 3 nitrogen and oxygen atoms in total. The predicted octanol–water partition coefficient (Wildman–Crippen LogP) is 2.85. The summed E-state index contributed by atoms with van der Waals surface area (Å²) >= 11 is 5.99. The van der Waals surface area contributed by atoms with E-state index in [4.69, 9.17) is 11.6 Å². The van der Waals surface area contributed by atoms with Crippen molar-refractivity contribution in [3.8, 4) is 0 Å². The standard InChI is InChI=1S/C15H18ClNO2/c16-13-8-4-3-7-12(13)14(18)10-17-15(19)9-11-5-1-2-6-11/h1,3-5,7-8,11,14,18H,2,6,9-10H2,(H,17,19). The van der Waals surface area contributed by atoms with Gasteiger partial charge in [-0.2, -0.15) is 0 Å². The monoisotopic (exact) mass is 279 g/mol. The highest BCUT2D eigenvalue weighted by atomic mass is 35.5. The van der Waals surface area contributed by atoms with E-state index in [9.17, 15) is 9.90 Å². The lowest BCUT2D eigenvalue weighted by atomic mass is 10.0. The molecule has 2 atom stereocenters. The molecule has 0 aromatic heterocycles. The lowest BCUT2D eigenvalue weighted by Crippen LogP contribution is -2.29. The Hall–Kier alpha value is -1.32. The summed E-state index contributed by atoms with van der Waals surface area (Å²) in [6, 6.07) is 7.11. The van der Waals surface area contributed by atoms with Crippen LogP contribution in [0.15, 0.2) is 36.4 Å². The predicted molar refractivity (Wildman–Crippen MR) is 75.9 cm³/mol. The minimum absolute atomic E-state index is 0.0253. The van der Waals surface area contributed by atoms with Crippen molar-refractivity contribution in [1.82, 2.24) is 5.32 Å². The van der Waals surface area contributed by atoms with Gasteiger partial charge in [0.2, 0.25) is 5.91 Å². The second kappa shape index (κ2) is 6.73. The molecule has 19 heavy (non-hydrogen) atoms. The molecule has 1 aliphatic rings. The van der Waals surface area contributed by atoms with Crippen LogP contribution in [0.4, 0.5) is 0 Å². The Balaban J connectivity index is 1.80. The molecule has 1 aromatic carbocycles. The Labute approximate surface area is 118 Å². The van der Waals surface area contributed by atoms with Crippen molar-refractivity contribution in [2.75, 3.05) is 6.54 Å². The van der Waals surface area contributed by atoms with Crippen LogP contribution in [0, 0.1) is 5.92 Å². The topological polar surface area (TPSA) is 49.3 Å². The van der Waals surface area contributed by atoms with Crippen LogP contribution in [0.1, 0.15) is 30.9 Å². The van der Waals surface area contributed by atoms with E-state index in [-0.39, 0.29) is 12.5 Å². The molecule has 0 bridgehead atoms. The van der Waals surface area contributed by atoms with Gasteiger partial charge in [0.05, 0.1) is 6.10 Å². The van der Waals surface area contributed by atoms with Gasteiger partial charge in [-0.15, -0.1) is 0 Å². The van der Waals surface area contributed by atoms with Crippen molar-refractivity contribution in [1.29, 1.82) is 0 Å². The SMILES string of the molecule is O=C(CC1C=CCC1)NCC(O)c1ccccc1Cl. The van der Waals surface area contributed by atoms with Crippen LogP contribution in [-0.4, -0.2) is 17.6 Å². The van der Waals surface area contributed by atoms with Crippen molar-refractivity contribution in [2.24, 2.45) is 5.92 Å². The zero-order valence-electron chi connectivity index (χ0n) is 10.7. The Kier molecular flexibility index (Phi) is 5.00. The highest BCUT2D eigenvalue weighted by Gasteiger charge is 2.16. The molecular formula is C15H18ClNO2. The van der Waals surface area contributed by atoms with Gasteiger partial charge < -0.3 is 10.4 Å². The first-order chi connectivity index (χ1) is 9.16. The molecule has 102 valence electrons. The van der Waals surface area contributed by atoms with Crippen LogP contribution in [-0.2, 0) is 4.79 Å². The minimum atomic E-state index is -0.767. The summed E-state index contributed by atoms with van der Waals surface area (Å²) in [5.74, 6) is 0.320. The molecule has 2 rings (SSSR count). The Morgan fingerprint density at radius 3 is 2.95 bits per heavy atom. The van der Waals surface area contributed by atoms with Crippen LogP contribution in [0.5, 0.6) is 0 Å². The average molecular weight is 280 g/mol. The summed E-state index contributed by atoms with van der Waals surface area (Å²) in [4.78, 5) is 11.7. The van der Waals surface area contributed by atoms with Crippen molar-refractivity contribution in [2.45, 2.75) is 25.4 Å². The Morgan fingerprint density at radius 1 is 1.47 bits per heavy atom. The number of hydrogen-bond acceptors (Lipinski definition) is 2. The van der Waals surface area contributed by atoms with Crippen LogP contribution in [0.2, 0.25) is 5.02 Å². The minimum Gasteiger partial charge on any atom is -0.387 e. The summed E-state index contributed by atoms with van der Waals surface area (Å²) in [5, 5.41) is 13.3. The van der Waals surface area contributed by atoms with Crippen LogP contribution < -0.4 is 5.32 Å². The van der Waals surface area contributed by atoms with Gasteiger partial charge in [0.25, 0.3) is 0 Å². The third kappa shape index (κ3) is 4.08. The summed E-state index contributed by atoms with van der Waals surface area (Å²) in [6.07, 6.45) is 6.02. The molecule has 1 aliphatic carbocycles. The van der Waals surface area contributed by atoms with Gasteiger partial charge in [-0.1, -0.05) is 42.0 Å². The van der Waals surface area contributed by atoms with Gasteiger partial charge in [-0.3, -0.25) is 4.79 Å². The van der Waals surface area contributed by atoms with Gasteiger partial charge in [0.1, 0.15) is 0 Å². The van der Waals surface area contributed by atoms with E-state index >= 15 is 0 Å². The second-order valence-corrected chi connectivity index (χ2v) is 5.22. The summed E-state index contributed by atoms with van der Waals surface area (Å²) in [5.41, 5.74) is 0.644. The first-order valence-electron chi connectivity index (χ1n) is 6.52. The molecule has 0 spiro atoms. The average Bonchev–Trinajstić information content (AvgIpc) is 2.89. The van der Waals surface area contributed by atoms with Crippen LogP contribution in [0.3, 0.4) is 0 Å². The number of aliphatic hydroxyl groups is 1. The molecule has 1 aromatic rings. The Bertz CT molecular complexity index is 473. The fourth-order valence-corrected chi connectivity index (χ4v) is 2.50. The number of amides is 1. The summed E-state index contributed by atoms with van der Waals surface area (Å²) in [7, 11) is 0. The highest BCUT2D eigenvalue weighted by molar-refractivity contribution is 6.31. The van der Waals surface area contributed by atoms with Crippen LogP contribution >= 0.6 is 11.6 Å². The van der Waals surface area contributed by atoms with Crippen LogP contribution in [0.25, 0.3) is 0 Å². The lowest BCUT2D eigenvalue weighted by Gasteiger charge is -2.14. The highest BCUT2D eigenvalue weighted by Crippen LogP contribution is 2.22. The van der Waals surface area contributed by atoms with E-state index in [1.54, 1.807) is 12.1 Å². The van der Waals surface area contributed by atoms with E-state index in [0.717, 1.165) is 12.8 Å². The third-order valence-electron chi connectivity index (χ3n) is 3.32.